The second-order valence-corrected chi connectivity index (χ2v) is 6.33. The van der Waals surface area contributed by atoms with Crippen LogP contribution in [0.25, 0.3) is 11.0 Å². The van der Waals surface area contributed by atoms with Crippen molar-refractivity contribution >= 4 is 16.9 Å². The molecular formula is C21H20O5. The molecule has 5 heteroatoms. The molecule has 0 saturated heterocycles. The quantitative estimate of drug-likeness (QED) is 0.632. The number of hydrogen-bond acceptors (Lipinski definition) is 4. The summed E-state index contributed by atoms with van der Waals surface area (Å²) in [5, 5.41) is 20.3. The van der Waals surface area contributed by atoms with E-state index in [4.69, 9.17) is 4.42 Å². The molecule has 0 aliphatic rings. The zero-order valence-corrected chi connectivity index (χ0v) is 14.2. The third kappa shape index (κ3) is 3.94. The van der Waals surface area contributed by atoms with Crippen LogP contribution in [0, 0.1) is 5.92 Å². The molecule has 2 N–H and O–H groups in total. The second-order valence-electron chi connectivity index (χ2n) is 6.33. The van der Waals surface area contributed by atoms with Gasteiger partial charge in [-0.25, -0.2) is 4.79 Å². The molecule has 3 aromatic rings. The first-order valence-corrected chi connectivity index (χ1v) is 8.56. The molecule has 134 valence electrons. The van der Waals surface area contributed by atoms with Crippen molar-refractivity contribution in [3.8, 4) is 5.75 Å². The Hall–Kier alpha value is -3.08. The van der Waals surface area contributed by atoms with Crippen LogP contribution in [-0.4, -0.2) is 16.2 Å². The highest BCUT2D eigenvalue weighted by atomic mass is 16.4. The topological polar surface area (TPSA) is 87.7 Å². The van der Waals surface area contributed by atoms with Crippen LogP contribution in [0.3, 0.4) is 0 Å². The van der Waals surface area contributed by atoms with Gasteiger partial charge in [0, 0.05) is 0 Å². The summed E-state index contributed by atoms with van der Waals surface area (Å²) in [6, 6.07) is 16.3. The molecule has 3 rings (SSSR count). The maximum Gasteiger partial charge on any atom is 0.343 e. The molecule has 1 aromatic heterocycles. The van der Waals surface area contributed by atoms with Crippen molar-refractivity contribution in [1.82, 2.24) is 0 Å². The normalized spacial score (nSPS) is 12.2. The van der Waals surface area contributed by atoms with Crippen LogP contribution < -0.4 is 5.63 Å². The first kappa shape index (κ1) is 17.7. The van der Waals surface area contributed by atoms with Gasteiger partial charge in [0.15, 0.2) is 0 Å². The molecule has 0 amide bonds. The molecule has 0 aliphatic carbocycles. The first-order chi connectivity index (χ1) is 12.6. The molecule has 0 radical (unpaired) electrons. The van der Waals surface area contributed by atoms with E-state index in [1.807, 2.05) is 30.3 Å². The van der Waals surface area contributed by atoms with Crippen molar-refractivity contribution in [3.05, 3.63) is 76.1 Å². The fraction of sp³-hybridized carbons (Fsp3) is 0.238. The number of fused-ring (bicyclic) bond motifs is 1. The molecule has 2 aromatic carbocycles. The van der Waals surface area contributed by atoms with Gasteiger partial charge in [-0.1, -0.05) is 42.5 Å². The molecule has 1 unspecified atom stereocenters. The van der Waals surface area contributed by atoms with Crippen molar-refractivity contribution in [2.24, 2.45) is 5.92 Å². The van der Waals surface area contributed by atoms with Crippen LogP contribution in [0.1, 0.15) is 24.0 Å². The van der Waals surface area contributed by atoms with Crippen LogP contribution >= 0.6 is 0 Å². The standard InChI is InChI=1S/C21H20O5/c22-19-16-10-4-5-12-18(16)26-21(25)17(19)11-6-9-15(20(23)24)13-14-7-2-1-3-8-14/h1-5,7-8,10,12,15,22H,6,9,11,13H2,(H,23,24). The summed E-state index contributed by atoms with van der Waals surface area (Å²) in [6.07, 6.45) is 1.60. The van der Waals surface area contributed by atoms with Gasteiger partial charge < -0.3 is 14.6 Å². The molecule has 0 fully saturated rings. The van der Waals surface area contributed by atoms with Crippen molar-refractivity contribution < 1.29 is 19.4 Å². The maximum atomic E-state index is 12.1. The fourth-order valence-corrected chi connectivity index (χ4v) is 3.13. The maximum absolute atomic E-state index is 12.1. The predicted molar refractivity (Wildman–Crippen MR) is 98.4 cm³/mol. The van der Waals surface area contributed by atoms with Gasteiger partial charge in [-0.3, -0.25) is 4.79 Å². The molecule has 1 atom stereocenters. The lowest BCUT2D eigenvalue weighted by Gasteiger charge is -2.12. The Bertz CT molecular complexity index is 959. The molecule has 0 aliphatic heterocycles. The average molecular weight is 352 g/mol. The SMILES string of the molecule is O=C(O)C(CCCc1c(O)c2ccccc2oc1=O)Cc1ccccc1. The Balaban J connectivity index is 1.71. The first-order valence-electron chi connectivity index (χ1n) is 8.56. The Labute approximate surface area is 150 Å². The summed E-state index contributed by atoms with van der Waals surface area (Å²) in [5.41, 5.74) is 0.933. The van der Waals surface area contributed by atoms with Gasteiger partial charge in [0.05, 0.1) is 16.9 Å². The van der Waals surface area contributed by atoms with E-state index in [0.29, 0.717) is 30.2 Å². The van der Waals surface area contributed by atoms with Crippen LogP contribution in [0.2, 0.25) is 0 Å². The number of para-hydroxylation sites is 1. The molecule has 0 saturated carbocycles. The highest BCUT2D eigenvalue weighted by Gasteiger charge is 2.19. The monoisotopic (exact) mass is 352 g/mol. The summed E-state index contributed by atoms with van der Waals surface area (Å²) in [7, 11) is 0. The minimum absolute atomic E-state index is 0.0771. The summed E-state index contributed by atoms with van der Waals surface area (Å²) in [4.78, 5) is 23.6. The third-order valence-corrected chi connectivity index (χ3v) is 4.53. The Morgan fingerprint density at radius 3 is 2.46 bits per heavy atom. The second kappa shape index (κ2) is 7.87. The van der Waals surface area contributed by atoms with Crippen molar-refractivity contribution in [2.45, 2.75) is 25.7 Å². The number of benzene rings is 2. The molecule has 0 bridgehead atoms. The number of aliphatic carboxylic acids is 1. The van der Waals surface area contributed by atoms with E-state index in [1.54, 1.807) is 24.3 Å². The van der Waals surface area contributed by atoms with E-state index in [2.05, 4.69) is 0 Å². The third-order valence-electron chi connectivity index (χ3n) is 4.53. The van der Waals surface area contributed by atoms with E-state index in [9.17, 15) is 19.8 Å². The molecular weight excluding hydrogens is 332 g/mol. The van der Waals surface area contributed by atoms with Crippen LogP contribution in [0.4, 0.5) is 0 Å². The number of carbonyl (C=O) groups is 1. The number of hydrogen-bond donors (Lipinski definition) is 2. The van der Waals surface area contributed by atoms with E-state index in [-0.39, 0.29) is 17.7 Å². The van der Waals surface area contributed by atoms with Gasteiger partial charge in [0.25, 0.3) is 0 Å². The van der Waals surface area contributed by atoms with E-state index in [1.165, 1.54) is 0 Å². The summed E-state index contributed by atoms with van der Waals surface area (Å²) >= 11 is 0. The lowest BCUT2D eigenvalue weighted by atomic mass is 9.93. The largest absolute Gasteiger partial charge is 0.507 e. The highest BCUT2D eigenvalue weighted by Crippen LogP contribution is 2.27. The predicted octanol–water partition coefficient (Wildman–Crippen LogP) is 3.76. The Kier molecular flexibility index (Phi) is 5.37. The lowest BCUT2D eigenvalue weighted by molar-refractivity contribution is -0.141. The zero-order chi connectivity index (χ0) is 18.5. The molecule has 0 spiro atoms. The van der Waals surface area contributed by atoms with E-state index in [0.717, 1.165) is 5.56 Å². The highest BCUT2D eigenvalue weighted by molar-refractivity contribution is 5.83. The van der Waals surface area contributed by atoms with Gasteiger partial charge >= 0.3 is 11.6 Å². The van der Waals surface area contributed by atoms with Crippen molar-refractivity contribution in [3.63, 3.8) is 0 Å². The van der Waals surface area contributed by atoms with Gasteiger partial charge in [0.1, 0.15) is 11.3 Å². The van der Waals surface area contributed by atoms with E-state index < -0.39 is 17.5 Å². The zero-order valence-electron chi connectivity index (χ0n) is 14.2. The number of carboxylic acid groups (broad SMARTS) is 1. The summed E-state index contributed by atoms with van der Waals surface area (Å²) < 4.78 is 5.24. The van der Waals surface area contributed by atoms with Crippen LogP contribution in [0.15, 0.2) is 63.8 Å². The molecule has 1 heterocycles. The van der Waals surface area contributed by atoms with Gasteiger partial charge in [-0.15, -0.1) is 0 Å². The van der Waals surface area contributed by atoms with Crippen molar-refractivity contribution in [2.75, 3.05) is 0 Å². The molecule has 5 nitrogen and oxygen atoms in total. The summed E-state index contributed by atoms with van der Waals surface area (Å²) in [6.45, 7) is 0. The number of aromatic hydroxyl groups is 1. The van der Waals surface area contributed by atoms with Gasteiger partial charge in [-0.05, 0) is 43.4 Å². The Morgan fingerprint density at radius 1 is 1.04 bits per heavy atom. The number of rotatable bonds is 7. The molecule has 26 heavy (non-hydrogen) atoms. The fourth-order valence-electron chi connectivity index (χ4n) is 3.13. The summed E-state index contributed by atoms with van der Waals surface area (Å²) in [5.74, 6) is -1.47. The lowest BCUT2D eigenvalue weighted by Crippen LogP contribution is -2.17. The van der Waals surface area contributed by atoms with Crippen molar-refractivity contribution in [1.29, 1.82) is 0 Å². The Morgan fingerprint density at radius 2 is 1.73 bits per heavy atom. The minimum atomic E-state index is -0.858. The van der Waals surface area contributed by atoms with Gasteiger partial charge in [0.2, 0.25) is 0 Å². The smallest absolute Gasteiger partial charge is 0.343 e. The van der Waals surface area contributed by atoms with Gasteiger partial charge in [-0.2, -0.15) is 0 Å². The average Bonchev–Trinajstić information content (AvgIpc) is 2.64. The van der Waals surface area contributed by atoms with Crippen LogP contribution in [0.5, 0.6) is 5.75 Å². The van der Waals surface area contributed by atoms with E-state index >= 15 is 0 Å². The number of carboxylic acids is 1. The van der Waals surface area contributed by atoms with Crippen LogP contribution in [-0.2, 0) is 17.6 Å². The minimum Gasteiger partial charge on any atom is -0.507 e.